The van der Waals surface area contributed by atoms with Gasteiger partial charge in [0.15, 0.2) is 9.84 Å². The summed E-state index contributed by atoms with van der Waals surface area (Å²) in [7, 11) is -3.01. The van der Waals surface area contributed by atoms with Crippen molar-refractivity contribution in [3.8, 4) is 11.3 Å². The van der Waals surface area contributed by atoms with Crippen molar-refractivity contribution in [1.82, 2.24) is 9.78 Å². The highest BCUT2D eigenvalue weighted by Crippen LogP contribution is 2.32. The molecule has 0 radical (unpaired) electrons. The Morgan fingerprint density at radius 3 is 2.81 bits per heavy atom. The Morgan fingerprint density at radius 1 is 1.43 bits per heavy atom. The zero-order valence-electron chi connectivity index (χ0n) is 11.6. The van der Waals surface area contributed by atoms with Crippen LogP contribution in [0.4, 0.5) is 10.2 Å². The number of nitrogens with zero attached hydrogens (tertiary/aromatic N) is 2. The molecule has 0 spiro atoms. The number of hydrogen-bond acceptors (Lipinski definition) is 4. The smallest absolute Gasteiger partial charge is 0.152 e. The van der Waals surface area contributed by atoms with Crippen LogP contribution >= 0.6 is 0 Å². The van der Waals surface area contributed by atoms with Crippen LogP contribution in [0.2, 0.25) is 0 Å². The molecule has 1 aromatic carbocycles. The summed E-state index contributed by atoms with van der Waals surface area (Å²) in [6, 6.07) is 5.89. The lowest BCUT2D eigenvalue weighted by Crippen LogP contribution is -2.14. The summed E-state index contributed by atoms with van der Waals surface area (Å²) in [5.74, 6) is 0.312. The molecule has 0 aliphatic carbocycles. The molecule has 1 aliphatic heterocycles. The number of rotatable bonds is 2. The van der Waals surface area contributed by atoms with Crippen LogP contribution < -0.4 is 5.73 Å². The molecule has 3 rings (SSSR count). The van der Waals surface area contributed by atoms with Crippen molar-refractivity contribution in [3.63, 3.8) is 0 Å². The Hall–Kier alpha value is -1.89. The minimum Gasteiger partial charge on any atom is -0.384 e. The highest BCUT2D eigenvalue weighted by atomic mass is 32.2. The molecular weight excluding hydrogens is 293 g/mol. The number of sulfone groups is 1. The average molecular weight is 309 g/mol. The molecule has 2 heterocycles. The molecule has 0 saturated carbocycles. The minimum atomic E-state index is -3.01. The third kappa shape index (κ3) is 2.53. The van der Waals surface area contributed by atoms with E-state index in [4.69, 9.17) is 5.73 Å². The van der Waals surface area contributed by atoms with Crippen LogP contribution in [0.5, 0.6) is 0 Å². The van der Waals surface area contributed by atoms with E-state index in [-0.39, 0.29) is 23.4 Å². The van der Waals surface area contributed by atoms with E-state index in [1.165, 1.54) is 12.1 Å². The molecule has 112 valence electrons. The van der Waals surface area contributed by atoms with E-state index in [2.05, 4.69) is 5.10 Å². The fourth-order valence-corrected chi connectivity index (χ4v) is 4.38. The number of halogens is 1. The fourth-order valence-electron chi connectivity index (χ4n) is 2.69. The molecule has 5 nitrogen and oxygen atoms in total. The molecule has 0 amide bonds. The van der Waals surface area contributed by atoms with Crippen molar-refractivity contribution in [3.05, 3.63) is 35.6 Å². The Balaban J connectivity index is 2.04. The summed E-state index contributed by atoms with van der Waals surface area (Å²) in [6.07, 6.45) is 0.510. The van der Waals surface area contributed by atoms with Crippen LogP contribution in [-0.4, -0.2) is 29.7 Å². The van der Waals surface area contributed by atoms with Crippen LogP contribution in [0, 0.1) is 12.7 Å². The first-order chi connectivity index (χ1) is 9.87. The first kappa shape index (κ1) is 14.1. The van der Waals surface area contributed by atoms with Gasteiger partial charge in [-0.2, -0.15) is 5.10 Å². The van der Waals surface area contributed by atoms with Crippen LogP contribution in [0.25, 0.3) is 11.3 Å². The van der Waals surface area contributed by atoms with Crippen molar-refractivity contribution in [1.29, 1.82) is 0 Å². The number of hydrogen-bond donors (Lipinski definition) is 1. The van der Waals surface area contributed by atoms with Gasteiger partial charge in [-0.3, -0.25) is 0 Å². The number of nitrogen functional groups attached to an aromatic ring is 1. The molecule has 7 heteroatoms. The molecule has 21 heavy (non-hydrogen) atoms. The Bertz CT molecular complexity index is 799. The molecule has 1 fully saturated rings. The van der Waals surface area contributed by atoms with Gasteiger partial charge in [0, 0.05) is 11.1 Å². The van der Waals surface area contributed by atoms with Gasteiger partial charge in [-0.1, -0.05) is 12.1 Å². The quantitative estimate of drug-likeness (QED) is 0.919. The van der Waals surface area contributed by atoms with Gasteiger partial charge in [0.25, 0.3) is 0 Å². The second-order valence-corrected chi connectivity index (χ2v) is 7.60. The SMILES string of the molecule is Cc1c(-c2cccc(F)c2)nn(C2CCS(=O)(=O)C2)c1N. The van der Waals surface area contributed by atoms with Crippen molar-refractivity contribution in [2.75, 3.05) is 17.2 Å². The molecule has 0 bridgehead atoms. The Labute approximate surface area is 122 Å². The molecule has 1 aliphatic rings. The number of aromatic nitrogens is 2. The zero-order valence-corrected chi connectivity index (χ0v) is 12.4. The molecule has 1 saturated heterocycles. The zero-order chi connectivity index (χ0) is 15.2. The normalized spacial score (nSPS) is 20.8. The van der Waals surface area contributed by atoms with Crippen LogP contribution in [0.15, 0.2) is 24.3 Å². The van der Waals surface area contributed by atoms with Crippen molar-refractivity contribution in [2.24, 2.45) is 0 Å². The highest BCUT2D eigenvalue weighted by Gasteiger charge is 2.31. The van der Waals surface area contributed by atoms with E-state index in [1.54, 1.807) is 16.8 Å². The van der Waals surface area contributed by atoms with Crippen molar-refractivity contribution < 1.29 is 12.8 Å². The van der Waals surface area contributed by atoms with Crippen molar-refractivity contribution in [2.45, 2.75) is 19.4 Å². The lowest BCUT2D eigenvalue weighted by atomic mass is 10.1. The summed E-state index contributed by atoms with van der Waals surface area (Å²) in [4.78, 5) is 0. The molecule has 2 N–H and O–H groups in total. The van der Waals surface area contributed by atoms with Gasteiger partial charge < -0.3 is 5.73 Å². The van der Waals surface area contributed by atoms with Gasteiger partial charge in [0.1, 0.15) is 11.6 Å². The van der Waals surface area contributed by atoms with Crippen molar-refractivity contribution >= 4 is 15.7 Å². The Morgan fingerprint density at radius 2 is 2.19 bits per heavy atom. The van der Waals surface area contributed by atoms with Gasteiger partial charge in [0.05, 0.1) is 23.2 Å². The van der Waals surface area contributed by atoms with Gasteiger partial charge in [0.2, 0.25) is 0 Å². The Kier molecular flexibility index (Phi) is 3.24. The monoisotopic (exact) mass is 309 g/mol. The maximum absolute atomic E-state index is 13.3. The van der Waals surface area contributed by atoms with Gasteiger partial charge >= 0.3 is 0 Å². The molecule has 1 atom stereocenters. The second-order valence-electron chi connectivity index (χ2n) is 5.37. The second kappa shape index (κ2) is 4.84. The van der Waals surface area contributed by atoms with E-state index in [0.29, 0.717) is 23.5 Å². The maximum atomic E-state index is 13.3. The largest absolute Gasteiger partial charge is 0.384 e. The third-order valence-corrected chi connectivity index (χ3v) is 5.60. The summed E-state index contributed by atoms with van der Waals surface area (Å²) >= 11 is 0. The lowest BCUT2D eigenvalue weighted by Gasteiger charge is -2.10. The summed E-state index contributed by atoms with van der Waals surface area (Å²) in [5.41, 5.74) is 8.03. The van der Waals surface area contributed by atoms with E-state index >= 15 is 0 Å². The standard InChI is InChI=1S/C14H16FN3O2S/c1-9-13(10-3-2-4-11(15)7-10)17-18(14(9)16)12-5-6-21(19,20)8-12/h2-4,7,12H,5-6,8,16H2,1H3. The minimum absolute atomic E-state index is 0.0565. The van der Waals surface area contributed by atoms with Gasteiger partial charge in [-0.15, -0.1) is 0 Å². The van der Waals surface area contributed by atoms with Crippen LogP contribution in [0.1, 0.15) is 18.0 Å². The van der Waals surface area contributed by atoms with E-state index in [9.17, 15) is 12.8 Å². The van der Waals surface area contributed by atoms with E-state index in [0.717, 1.165) is 5.56 Å². The van der Waals surface area contributed by atoms with Gasteiger partial charge in [-0.25, -0.2) is 17.5 Å². The number of nitrogens with two attached hydrogens (primary N) is 1. The fraction of sp³-hybridized carbons (Fsp3) is 0.357. The first-order valence-electron chi connectivity index (χ1n) is 6.68. The van der Waals surface area contributed by atoms with E-state index < -0.39 is 9.84 Å². The molecular formula is C14H16FN3O2S. The number of anilines is 1. The summed E-state index contributed by atoms with van der Waals surface area (Å²) in [6.45, 7) is 1.81. The molecule has 1 aromatic heterocycles. The van der Waals surface area contributed by atoms with Crippen LogP contribution in [0.3, 0.4) is 0 Å². The summed E-state index contributed by atoms with van der Waals surface area (Å²) < 4.78 is 38.1. The van der Waals surface area contributed by atoms with E-state index in [1.807, 2.05) is 6.92 Å². The summed E-state index contributed by atoms with van der Waals surface area (Å²) in [5, 5.41) is 4.43. The third-order valence-electron chi connectivity index (χ3n) is 3.85. The topological polar surface area (TPSA) is 78.0 Å². The predicted molar refractivity (Wildman–Crippen MR) is 79.1 cm³/mol. The number of benzene rings is 1. The maximum Gasteiger partial charge on any atom is 0.152 e. The molecule has 1 unspecified atom stereocenters. The van der Waals surface area contributed by atoms with Crippen LogP contribution in [-0.2, 0) is 9.84 Å². The lowest BCUT2D eigenvalue weighted by molar-refractivity contribution is 0.508. The first-order valence-corrected chi connectivity index (χ1v) is 8.50. The predicted octanol–water partition coefficient (Wildman–Crippen LogP) is 1.94. The van der Waals surface area contributed by atoms with Gasteiger partial charge in [-0.05, 0) is 25.5 Å². The highest BCUT2D eigenvalue weighted by molar-refractivity contribution is 7.91. The average Bonchev–Trinajstić information content (AvgIpc) is 2.91. The molecule has 2 aromatic rings.